The van der Waals surface area contributed by atoms with E-state index in [9.17, 15) is 5.11 Å². The van der Waals surface area contributed by atoms with Gasteiger partial charge >= 0.3 is 0 Å². The normalized spacial score (nSPS) is 25.5. The quantitative estimate of drug-likeness (QED) is 0.835. The summed E-state index contributed by atoms with van der Waals surface area (Å²) in [6.45, 7) is 2.52. The van der Waals surface area contributed by atoms with Crippen molar-refractivity contribution in [1.29, 1.82) is 0 Å². The fraction of sp³-hybridized carbons (Fsp3) is 0.684. The Kier molecular flexibility index (Phi) is 6.06. The van der Waals surface area contributed by atoms with Crippen LogP contribution in [0.2, 0.25) is 0 Å². The molecular weight excluding hydrogens is 290 g/mol. The standard InChI is InChI=1S/C19H29NO3/c1-20(12-18(21)13-22-14-19-7-4-10-23-19)17-9-8-15-5-2-3-6-16(15)11-17/h2-3,5-6,17-19,21H,4,7-14H2,1H3. The summed E-state index contributed by atoms with van der Waals surface area (Å²) in [5.74, 6) is 0. The van der Waals surface area contributed by atoms with Gasteiger partial charge in [-0.2, -0.15) is 0 Å². The molecule has 3 rings (SSSR count). The van der Waals surface area contributed by atoms with Crippen LogP contribution in [0.25, 0.3) is 0 Å². The molecule has 1 aromatic carbocycles. The lowest BCUT2D eigenvalue weighted by Crippen LogP contribution is -2.42. The zero-order valence-corrected chi connectivity index (χ0v) is 14.1. The van der Waals surface area contributed by atoms with Crippen molar-refractivity contribution in [3.05, 3.63) is 35.4 Å². The van der Waals surface area contributed by atoms with E-state index in [4.69, 9.17) is 9.47 Å². The highest BCUT2D eigenvalue weighted by molar-refractivity contribution is 5.30. The van der Waals surface area contributed by atoms with Crippen molar-refractivity contribution in [2.45, 2.75) is 50.4 Å². The Morgan fingerprint density at radius 1 is 1.30 bits per heavy atom. The van der Waals surface area contributed by atoms with E-state index in [0.29, 0.717) is 25.8 Å². The van der Waals surface area contributed by atoms with Crippen LogP contribution in [0, 0.1) is 0 Å². The molecule has 1 saturated heterocycles. The van der Waals surface area contributed by atoms with Gasteiger partial charge in [0.25, 0.3) is 0 Å². The first-order valence-corrected chi connectivity index (χ1v) is 8.87. The average molecular weight is 319 g/mol. The Morgan fingerprint density at radius 2 is 2.13 bits per heavy atom. The van der Waals surface area contributed by atoms with Gasteiger partial charge < -0.3 is 19.5 Å². The van der Waals surface area contributed by atoms with Gasteiger partial charge in [-0.25, -0.2) is 0 Å². The topological polar surface area (TPSA) is 41.9 Å². The van der Waals surface area contributed by atoms with Crippen LogP contribution >= 0.6 is 0 Å². The Morgan fingerprint density at radius 3 is 2.91 bits per heavy atom. The summed E-state index contributed by atoms with van der Waals surface area (Å²) in [5.41, 5.74) is 2.94. The highest BCUT2D eigenvalue weighted by atomic mass is 16.5. The summed E-state index contributed by atoms with van der Waals surface area (Å²) >= 11 is 0. The Hall–Kier alpha value is -0.940. The van der Waals surface area contributed by atoms with E-state index in [1.807, 2.05) is 0 Å². The smallest absolute Gasteiger partial charge is 0.0900 e. The van der Waals surface area contributed by atoms with Gasteiger partial charge in [-0.05, 0) is 50.3 Å². The van der Waals surface area contributed by atoms with Crippen molar-refractivity contribution in [3.8, 4) is 0 Å². The minimum atomic E-state index is -0.432. The molecule has 2 aliphatic rings. The van der Waals surface area contributed by atoms with Crippen LogP contribution in [0.15, 0.2) is 24.3 Å². The van der Waals surface area contributed by atoms with Crippen molar-refractivity contribution in [3.63, 3.8) is 0 Å². The number of hydrogen-bond acceptors (Lipinski definition) is 4. The first kappa shape index (κ1) is 16.9. The van der Waals surface area contributed by atoms with Gasteiger partial charge in [0.1, 0.15) is 0 Å². The van der Waals surface area contributed by atoms with Crippen LogP contribution < -0.4 is 0 Å². The molecule has 3 atom stereocenters. The predicted molar refractivity (Wildman–Crippen MR) is 90.7 cm³/mol. The number of ether oxygens (including phenoxy) is 2. The molecule has 0 radical (unpaired) electrons. The summed E-state index contributed by atoms with van der Waals surface area (Å²) in [6, 6.07) is 9.22. The molecule has 0 aromatic heterocycles. The van der Waals surface area contributed by atoms with Gasteiger partial charge in [-0.15, -0.1) is 0 Å². The molecule has 4 heteroatoms. The maximum atomic E-state index is 10.2. The summed E-state index contributed by atoms with van der Waals surface area (Å²) in [4.78, 5) is 2.29. The predicted octanol–water partition coefficient (Wildman–Crippen LogP) is 2.03. The van der Waals surface area contributed by atoms with E-state index in [2.05, 4.69) is 36.2 Å². The number of aryl methyl sites for hydroxylation is 1. The molecule has 1 heterocycles. The van der Waals surface area contributed by atoms with Gasteiger partial charge in [-0.3, -0.25) is 0 Å². The van der Waals surface area contributed by atoms with E-state index in [1.54, 1.807) is 0 Å². The second-order valence-corrected chi connectivity index (χ2v) is 6.93. The third kappa shape index (κ3) is 4.77. The highest BCUT2D eigenvalue weighted by Crippen LogP contribution is 2.23. The SMILES string of the molecule is CN(CC(O)COCC1CCCO1)C1CCc2ccccc2C1. The van der Waals surface area contributed by atoms with Crippen molar-refractivity contribution < 1.29 is 14.6 Å². The van der Waals surface area contributed by atoms with Crippen LogP contribution in [0.4, 0.5) is 0 Å². The number of aliphatic hydroxyl groups is 1. The fourth-order valence-corrected chi connectivity index (χ4v) is 3.70. The van der Waals surface area contributed by atoms with Gasteiger partial charge in [0.15, 0.2) is 0 Å². The van der Waals surface area contributed by atoms with Crippen molar-refractivity contribution in [2.75, 3.05) is 33.4 Å². The number of benzene rings is 1. The third-order valence-corrected chi connectivity index (χ3v) is 5.08. The summed E-state index contributed by atoms with van der Waals surface area (Å²) < 4.78 is 11.1. The number of hydrogen-bond donors (Lipinski definition) is 1. The molecule has 4 nitrogen and oxygen atoms in total. The Bertz CT molecular complexity index is 487. The van der Waals surface area contributed by atoms with Gasteiger partial charge in [0, 0.05) is 19.2 Å². The second-order valence-electron chi connectivity index (χ2n) is 6.93. The summed E-state index contributed by atoms with van der Waals surface area (Å²) in [7, 11) is 2.11. The van der Waals surface area contributed by atoms with Gasteiger partial charge in [0.2, 0.25) is 0 Å². The monoisotopic (exact) mass is 319 g/mol. The van der Waals surface area contributed by atoms with Gasteiger partial charge in [-0.1, -0.05) is 24.3 Å². The molecule has 3 unspecified atom stereocenters. The number of nitrogens with zero attached hydrogens (tertiary/aromatic N) is 1. The fourth-order valence-electron chi connectivity index (χ4n) is 3.70. The molecule has 0 bridgehead atoms. The number of likely N-dealkylation sites (N-methyl/N-ethyl adjacent to an activating group) is 1. The van der Waals surface area contributed by atoms with E-state index >= 15 is 0 Å². The van der Waals surface area contributed by atoms with Crippen molar-refractivity contribution >= 4 is 0 Å². The zero-order valence-electron chi connectivity index (χ0n) is 14.1. The summed E-state index contributed by atoms with van der Waals surface area (Å²) in [6.07, 6.45) is 5.39. The van der Waals surface area contributed by atoms with Crippen LogP contribution in [0.1, 0.15) is 30.4 Å². The van der Waals surface area contributed by atoms with E-state index in [1.165, 1.54) is 11.1 Å². The van der Waals surface area contributed by atoms with Crippen molar-refractivity contribution in [1.82, 2.24) is 4.90 Å². The molecule has 0 saturated carbocycles. The maximum Gasteiger partial charge on any atom is 0.0900 e. The number of fused-ring (bicyclic) bond motifs is 1. The van der Waals surface area contributed by atoms with E-state index in [-0.39, 0.29) is 6.10 Å². The average Bonchev–Trinajstić information content (AvgIpc) is 3.07. The summed E-state index contributed by atoms with van der Waals surface area (Å²) in [5, 5.41) is 10.2. The van der Waals surface area contributed by atoms with Crippen LogP contribution in [-0.2, 0) is 22.3 Å². The molecule has 1 aliphatic carbocycles. The lowest BCUT2D eigenvalue weighted by molar-refractivity contribution is -0.0265. The molecule has 128 valence electrons. The lowest BCUT2D eigenvalue weighted by atomic mass is 9.87. The van der Waals surface area contributed by atoms with Crippen molar-refractivity contribution in [2.24, 2.45) is 0 Å². The van der Waals surface area contributed by atoms with E-state index in [0.717, 1.165) is 38.7 Å². The molecule has 0 spiro atoms. The van der Waals surface area contributed by atoms with Gasteiger partial charge in [0.05, 0.1) is 25.4 Å². The second kappa shape index (κ2) is 8.25. The Labute approximate surface area is 139 Å². The highest BCUT2D eigenvalue weighted by Gasteiger charge is 2.23. The first-order valence-electron chi connectivity index (χ1n) is 8.87. The molecule has 23 heavy (non-hydrogen) atoms. The maximum absolute atomic E-state index is 10.2. The third-order valence-electron chi connectivity index (χ3n) is 5.08. The minimum Gasteiger partial charge on any atom is -0.389 e. The Balaban J connectivity index is 1.39. The molecular formula is C19H29NO3. The van der Waals surface area contributed by atoms with E-state index < -0.39 is 6.10 Å². The van der Waals surface area contributed by atoms with Crippen LogP contribution in [0.3, 0.4) is 0 Å². The molecule has 1 N–H and O–H groups in total. The zero-order chi connectivity index (χ0) is 16.1. The number of aliphatic hydroxyl groups excluding tert-OH is 1. The molecule has 0 amide bonds. The number of rotatable bonds is 7. The van der Waals surface area contributed by atoms with Crippen LogP contribution in [-0.4, -0.2) is 61.7 Å². The minimum absolute atomic E-state index is 0.231. The first-order chi connectivity index (χ1) is 11.2. The molecule has 1 aromatic rings. The molecule has 1 fully saturated rings. The molecule has 1 aliphatic heterocycles. The largest absolute Gasteiger partial charge is 0.389 e. The van der Waals surface area contributed by atoms with Crippen LogP contribution in [0.5, 0.6) is 0 Å². The lowest BCUT2D eigenvalue weighted by Gasteiger charge is -2.33.